The van der Waals surface area contributed by atoms with Gasteiger partial charge in [-0.15, -0.1) is 11.3 Å². The number of hydrogen-bond acceptors (Lipinski definition) is 5. The van der Waals surface area contributed by atoms with Crippen molar-refractivity contribution in [2.45, 2.75) is 26.4 Å². The van der Waals surface area contributed by atoms with Crippen molar-refractivity contribution >= 4 is 44.5 Å². The number of hydrogen-bond donors (Lipinski definition) is 2. The van der Waals surface area contributed by atoms with E-state index in [1.54, 1.807) is 35.8 Å². The van der Waals surface area contributed by atoms with Gasteiger partial charge in [-0.3, -0.25) is 0 Å². The number of nitrogens with zero attached hydrogens (tertiary/aromatic N) is 1. The second-order valence-corrected chi connectivity index (χ2v) is 9.45. The van der Waals surface area contributed by atoms with Crippen LogP contribution in [-0.4, -0.2) is 30.4 Å². The van der Waals surface area contributed by atoms with Crippen LogP contribution in [0.2, 0.25) is 0 Å². The van der Waals surface area contributed by atoms with Crippen molar-refractivity contribution in [1.29, 1.82) is 0 Å². The number of phenols is 1. The number of aromatic hydroxyl groups is 1. The molecule has 0 amide bonds. The summed E-state index contributed by atoms with van der Waals surface area (Å²) in [5.74, 6) is -0.179. The highest BCUT2D eigenvalue weighted by Gasteiger charge is 2.30. The number of benzene rings is 2. The Hall–Kier alpha value is -2.48. The molecule has 0 aliphatic carbocycles. The van der Waals surface area contributed by atoms with E-state index >= 15 is 0 Å². The van der Waals surface area contributed by atoms with Gasteiger partial charge in [0, 0.05) is 28.2 Å². The van der Waals surface area contributed by atoms with Crippen molar-refractivity contribution in [3.8, 4) is 5.75 Å². The van der Waals surface area contributed by atoms with Gasteiger partial charge < -0.3 is 14.7 Å². The van der Waals surface area contributed by atoms with Gasteiger partial charge in [0.15, 0.2) is 0 Å². The molecule has 0 fully saturated rings. The average Bonchev–Trinajstić information content (AvgIpc) is 3.13. The highest BCUT2D eigenvalue weighted by Crippen LogP contribution is 2.37. The van der Waals surface area contributed by atoms with Crippen LogP contribution in [0, 0.1) is 0 Å². The molecule has 2 heterocycles. The maximum absolute atomic E-state index is 12.8. The van der Waals surface area contributed by atoms with Crippen molar-refractivity contribution in [3.05, 3.63) is 80.1 Å². The summed E-state index contributed by atoms with van der Waals surface area (Å²) in [6.07, 6.45) is 2.43. The van der Waals surface area contributed by atoms with Crippen LogP contribution < -0.4 is 4.90 Å². The summed E-state index contributed by atoms with van der Waals surface area (Å²) in [5, 5.41) is 10.8. The first-order chi connectivity index (χ1) is 15.0. The van der Waals surface area contributed by atoms with Crippen LogP contribution in [0.25, 0.3) is 0 Å². The smallest absolute Gasteiger partial charge is 0.341 e. The number of quaternary nitrogens is 1. The minimum atomic E-state index is -0.322. The molecule has 3 aromatic rings. The molecule has 160 valence electrons. The Morgan fingerprint density at radius 2 is 2.10 bits per heavy atom. The molecule has 0 spiro atoms. The monoisotopic (exact) mass is 499 g/mol. The topological polar surface area (TPSA) is 63.3 Å². The molecule has 0 radical (unpaired) electrons. The van der Waals surface area contributed by atoms with Crippen LogP contribution in [0.4, 0.5) is 5.00 Å². The molecule has 2 N–H and O–H groups in total. The molecule has 1 aromatic heterocycles. The zero-order chi connectivity index (χ0) is 21.8. The van der Waals surface area contributed by atoms with Crippen LogP contribution in [-0.2, 0) is 24.2 Å². The van der Waals surface area contributed by atoms with Gasteiger partial charge >= 0.3 is 5.97 Å². The van der Waals surface area contributed by atoms with Crippen LogP contribution >= 0.6 is 27.3 Å². The Bertz CT molecular complexity index is 1110. The summed E-state index contributed by atoms with van der Waals surface area (Å²) in [4.78, 5) is 20.0. The maximum atomic E-state index is 12.8. The van der Waals surface area contributed by atoms with E-state index < -0.39 is 0 Å². The van der Waals surface area contributed by atoms with Gasteiger partial charge in [-0.05, 0) is 30.7 Å². The highest BCUT2D eigenvalue weighted by atomic mass is 79.9. The average molecular weight is 500 g/mol. The number of rotatable bonds is 6. The Balaban J connectivity index is 1.64. The van der Waals surface area contributed by atoms with Gasteiger partial charge in [-0.1, -0.05) is 46.3 Å². The van der Waals surface area contributed by atoms with Crippen LogP contribution in [0.15, 0.2) is 58.0 Å². The van der Waals surface area contributed by atoms with E-state index in [1.807, 2.05) is 13.0 Å². The molecule has 1 atom stereocenters. The third kappa shape index (κ3) is 5.06. The largest absolute Gasteiger partial charge is 0.507 e. The van der Waals surface area contributed by atoms with Crippen molar-refractivity contribution in [2.24, 2.45) is 4.99 Å². The number of halogens is 1. The Labute approximate surface area is 194 Å². The lowest BCUT2D eigenvalue weighted by atomic mass is 10.0. The molecule has 4 rings (SSSR count). The minimum absolute atomic E-state index is 0.143. The lowest BCUT2D eigenvalue weighted by molar-refractivity contribution is -0.929. The quantitative estimate of drug-likeness (QED) is 0.392. The summed E-state index contributed by atoms with van der Waals surface area (Å²) in [6.45, 7) is 4.91. The minimum Gasteiger partial charge on any atom is -0.507 e. The van der Waals surface area contributed by atoms with Crippen molar-refractivity contribution in [3.63, 3.8) is 0 Å². The fourth-order valence-electron chi connectivity index (χ4n) is 3.82. The van der Waals surface area contributed by atoms with Crippen LogP contribution in [0.3, 0.4) is 0 Å². The van der Waals surface area contributed by atoms with E-state index in [4.69, 9.17) is 4.74 Å². The molecule has 1 aliphatic rings. The van der Waals surface area contributed by atoms with Gasteiger partial charge in [0.1, 0.15) is 29.4 Å². The molecule has 2 aromatic carbocycles. The third-order valence-corrected chi connectivity index (χ3v) is 6.93. The number of thiophene rings is 1. The summed E-state index contributed by atoms with van der Waals surface area (Å²) in [7, 11) is 0. The van der Waals surface area contributed by atoms with E-state index in [2.05, 4.69) is 45.2 Å². The molecule has 7 heteroatoms. The summed E-state index contributed by atoms with van der Waals surface area (Å²) < 4.78 is 6.19. The number of carbonyl (C=O) groups excluding carboxylic acids is 1. The number of phenolic OH excluding ortho intramolecular Hbond substituents is 1. The number of esters is 1. The number of aliphatic imine (C=N–C) groups is 1. The molecule has 5 nitrogen and oxygen atoms in total. The van der Waals surface area contributed by atoms with Crippen LogP contribution in [0.5, 0.6) is 5.75 Å². The SMILES string of the molecule is CCOC(=O)c1c(N=Cc2cc(Br)ccc2O)sc2c1CC[NH+](Cc1ccccc1)C2. The number of fused-ring (bicyclic) bond motifs is 1. The maximum Gasteiger partial charge on any atom is 0.341 e. The van der Waals surface area contributed by atoms with Gasteiger partial charge in [0.2, 0.25) is 0 Å². The first-order valence-corrected chi connectivity index (χ1v) is 11.9. The lowest BCUT2D eigenvalue weighted by Crippen LogP contribution is -3.10. The molecule has 1 unspecified atom stereocenters. The molecule has 0 saturated heterocycles. The van der Waals surface area contributed by atoms with Gasteiger partial charge in [-0.2, -0.15) is 0 Å². The van der Waals surface area contributed by atoms with E-state index in [9.17, 15) is 9.90 Å². The lowest BCUT2D eigenvalue weighted by Gasteiger charge is -2.24. The Kier molecular flexibility index (Phi) is 6.85. The van der Waals surface area contributed by atoms with Gasteiger partial charge in [-0.25, -0.2) is 9.79 Å². The normalized spacial score (nSPS) is 15.7. The van der Waals surface area contributed by atoms with E-state index in [0.29, 0.717) is 22.7 Å². The standard InChI is InChI=1S/C24H23BrN2O3S/c1-2-30-24(29)22-19-10-11-27(14-16-6-4-3-5-7-16)15-21(19)31-23(22)26-13-17-12-18(25)8-9-20(17)28/h3-9,12-13,28H,2,10-11,14-15H2,1H3/p+1. The first-order valence-electron chi connectivity index (χ1n) is 10.3. The van der Waals surface area contributed by atoms with E-state index in [0.717, 1.165) is 36.1 Å². The molecular weight excluding hydrogens is 476 g/mol. The zero-order valence-corrected chi connectivity index (χ0v) is 19.6. The van der Waals surface area contributed by atoms with Crippen molar-refractivity contribution in [1.82, 2.24) is 0 Å². The summed E-state index contributed by atoms with van der Waals surface area (Å²) in [5.41, 5.74) is 3.54. The molecule has 1 aliphatic heterocycles. The number of ether oxygens (including phenoxy) is 1. The second-order valence-electron chi connectivity index (χ2n) is 7.45. The third-order valence-electron chi connectivity index (χ3n) is 5.30. The molecule has 0 bridgehead atoms. The fraction of sp³-hybridized carbons (Fsp3) is 0.250. The predicted octanol–water partition coefficient (Wildman–Crippen LogP) is 4.28. The van der Waals surface area contributed by atoms with E-state index in [1.165, 1.54) is 15.3 Å². The second kappa shape index (κ2) is 9.77. The predicted molar refractivity (Wildman–Crippen MR) is 127 cm³/mol. The van der Waals surface area contributed by atoms with Crippen molar-refractivity contribution < 1.29 is 19.5 Å². The van der Waals surface area contributed by atoms with Gasteiger partial charge in [0.05, 0.1) is 18.0 Å². The summed E-state index contributed by atoms with van der Waals surface area (Å²) in [6, 6.07) is 15.7. The van der Waals surface area contributed by atoms with E-state index in [-0.39, 0.29) is 11.7 Å². The molecule has 0 saturated carbocycles. The Morgan fingerprint density at radius 1 is 1.29 bits per heavy atom. The van der Waals surface area contributed by atoms with Crippen molar-refractivity contribution in [2.75, 3.05) is 13.2 Å². The molecular formula is C24H24BrN2O3S+. The summed E-state index contributed by atoms with van der Waals surface area (Å²) >= 11 is 4.96. The van der Waals surface area contributed by atoms with Crippen LogP contribution in [0.1, 0.15) is 38.8 Å². The number of carbonyl (C=O) groups is 1. The number of nitrogens with one attached hydrogen (secondary N) is 1. The highest BCUT2D eigenvalue weighted by molar-refractivity contribution is 9.10. The first kappa shape index (κ1) is 21.7. The molecule has 31 heavy (non-hydrogen) atoms. The fourth-order valence-corrected chi connectivity index (χ4v) is 5.45. The Morgan fingerprint density at radius 3 is 2.87 bits per heavy atom. The zero-order valence-electron chi connectivity index (χ0n) is 17.2. The van der Waals surface area contributed by atoms with Gasteiger partial charge in [0.25, 0.3) is 0 Å².